The van der Waals surface area contributed by atoms with Crippen molar-refractivity contribution < 1.29 is 14.4 Å². The Kier molecular flexibility index (Phi) is 8.07. The number of hydrogen-bond acceptors (Lipinski definition) is 4. The molecular weight excluding hydrogens is 426 g/mol. The van der Waals surface area contributed by atoms with Crippen LogP contribution in [0.25, 0.3) is 0 Å². The summed E-state index contributed by atoms with van der Waals surface area (Å²) in [5.74, 6) is 0.0239. The molecule has 0 aromatic heterocycles. The standard InChI is InChI=1S/C28H41N3O3/c1-22(30-16-9-10-17-30)15-18-29(2)25(32)19-28(24-13-7-4-8-14-24)20-26(33)31(27(28)34)21-23-11-5-3-6-12-23/h4,7-8,13-14,22-23H,3,5-6,9-12,15-21H2,1-2H3/t22-,28+/m0/s1. The van der Waals surface area contributed by atoms with E-state index in [4.69, 9.17) is 0 Å². The highest BCUT2D eigenvalue weighted by Gasteiger charge is 2.54. The third kappa shape index (κ3) is 5.37. The summed E-state index contributed by atoms with van der Waals surface area (Å²) in [5.41, 5.74) is -0.300. The van der Waals surface area contributed by atoms with Crippen molar-refractivity contribution in [3.8, 4) is 0 Å². The summed E-state index contributed by atoms with van der Waals surface area (Å²) < 4.78 is 0. The predicted octanol–water partition coefficient (Wildman–Crippen LogP) is 3.99. The van der Waals surface area contributed by atoms with Crippen LogP contribution >= 0.6 is 0 Å². The first-order valence-electron chi connectivity index (χ1n) is 13.3. The molecule has 34 heavy (non-hydrogen) atoms. The number of imide groups is 1. The largest absolute Gasteiger partial charge is 0.346 e. The third-order valence-electron chi connectivity index (χ3n) is 8.43. The van der Waals surface area contributed by atoms with Crippen molar-refractivity contribution in [2.24, 2.45) is 5.92 Å². The zero-order chi connectivity index (χ0) is 24.1. The molecule has 186 valence electrons. The zero-order valence-electron chi connectivity index (χ0n) is 21.0. The van der Waals surface area contributed by atoms with Crippen molar-refractivity contribution >= 4 is 17.7 Å². The molecule has 0 bridgehead atoms. The summed E-state index contributed by atoms with van der Waals surface area (Å²) in [6.45, 7) is 5.68. The molecule has 3 aliphatic rings. The van der Waals surface area contributed by atoms with Gasteiger partial charge in [-0.05, 0) is 63.6 Å². The minimum atomic E-state index is -1.08. The van der Waals surface area contributed by atoms with Gasteiger partial charge in [-0.25, -0.2) is 0 Å². The highest BCUT2D eigenvalue weighted by molar-refractivity contribution is 6.10. The molecule has 2 saturated heterocycles. The number of nitrogens with zero attached hydrogens (tertiary/aromatic N) is 3. The summed E-state index contributed by atoms with van der Waals surface area (Å²) in [6, 6.07) is 9.94. The fourth-order valence-corrected chi connectivity index (χ4v) is 6.10. The van der Waals surface area contributed by atoms with Crippen molar-refractivity contribution in [3.05, 3.63) is 35.9 Å². The van der Waals surface area contributed by atoms with Crippen LogP contribution < -0.4 is 0 Å². The second kappa shape index (κ2) is 11.0. The molecule has 1 aliphatic carbocycles. The Labute approximate surface area is 204 Å². The molecule has 1 aromatic carbocycles. The molecule has 0 unspecified atom stereocenters. The van der Waals surface area contributed by atoms with E-state index in [1.807, 2.05) is 37.4 Å². The van der Waals surface area contributed by atoms with E-state index >= 15 is 0 Å². The Morgan fingerprint density at radius 2 is 1.74 bits per heavy atom. The Hall–Kier alpha value is -2.21. The smallest absolute Gasteiger partial charge is 0.240 e. The van der Waals surface area contributed by atoms with Crippen LogP contribution in [0.2, 0.25) is 0 Å². The normalized spacial score (nSPS) is 25.2. The Morgan fingerprint density at radius 1 is 1.06 bits per heavy atom. The van der Waals surface area contributed by atoms with Gasteiger partial charge in [-0.2, -0.15) is 0 Å². The molecule has 6 nitrogen and oxygen atoms in total. The number of carbonyl (C=O) groups is 3. The van der Waals surface area contributed by atoms with Crippen molar-refractivity contribution in [2.75, 3.05) is 33.2 Å². The van der Waals surface area contributed by atoms with Gasteiger partial charge in [0.1, 0.15) is 0 Å². The Bertz CT molecular complexity index is 861. The number of carbonyl (C=O) groups excluding carboxylic acids is 3. The Balaban J connectivity index is 1.47. The van der Waals surface area contributed by atoms with E-state index in [1.165, 1.54) is 37.0 Å². The predicted molar refractivity (Wildman–Crippen MR) is 133 cm³/mol. The number of benzene rings is 1. The fourth-order valence-electron chi connectivity index (χ4n) is 6.10. The molecule has 3 amide bonds. The van der Waals surface area contributed by atoms with Gasteiger partial charge in [-0.1, -0.05) is 49.6 Å². The maximum atomic E-state index is 13.8. The fraction of sp³-hybridized carbons (Fsp3) is 0.679. The SMILES string of the molecule is C[C@@H](CCN(C)C(=O)C[C@]1(c2ccccc2)CC(=O)N(CC2CCCCC2)C1=O)N1CCCC1. The zero-order valence-corrected chi connectivity index (χ0v) is 21.0. The Morgan fingerprint density at radius 3 is 2.41 bits per heavy atom. The van der Waals surface area contributed by atoms with Gasteiger partial charge >= 0.3 is 0 Å². The molecule has 3 fully saturated rings. The van der Waals surface area contributed by atoms with Crippen LogP contribution in [-0.2, 0) is 19.8 Å². The van der Waals surface area contributed by atoms with E-state index in [0.717, 1.165) is 37.9 Å². The second-order valence-corrected chi connectivity index (χ2v) is 10.8. The van der Waals surface area contributed by atoms with Crippen molar-refractivity contribution in [2.45, 2.75) is 82.6 Å². The van der Waals surface area contributed by atoms with E-state index in [-0.39, 0.29) is 30.6 Å². The van der Waals surface area contributed by atoms with Gasteiger partial charge < -0.3 is 9.80 Å². The number of rotatable bonds is 9. The minimum absolute atomic E-state index is 0.0529. The maximum Gasteiger partial charge on any atom is 0.240 e. The average Bonchev–Trinajstić information content (AvgIpc) is 3.48. The molecular formula is C28H41N3O3. The highest BCUT2D eigenvalue weighted by Crippen LogP contribution is 2.41. The van der Waals surface area contributed by atoms with Gasteiger partial charge in [0.05, 0.1) is 5.41 Å². The molecule has 4 rings (SSSR count). The molecule has 0 N–H and O–H groups in total. The summed E-state index contributed by atoms with van der Waals surface area (Å²) >= 11 is 0. The van der Waals surface area contributed by atoms with Crippen molar-refractivity contribution in [3.63, 3.8) is 0 Å². The molecule has 0 spiro atoms. The lowest BCUT2D eigenvalue weighted by Gasteiger charge is -2.31. The van der Waals surface area contributed by atoms with E-state index in [9.17, 15) is 14.4 Å². The van der Waals surface area contributed by atoms with Crippen LogP contribution in [0.15, 0.2) is 30.3 Å². The summed E-state index contributed by atoms with van der Waals surface area (Å²) in [4.78, 5) is 46.1. The van der Waals surface area contributed by atoms with Gasteiger partial charge in [0.25, 0.3) is 0 Å². The molecule has 0 radical (unpaired) electrons. The number of likely N-dealkylation sites (tertiary alicyclic amines) is 2. The van der Waals surface area contributed by atoms with Crippen LogP contribution in [-0.4, -0.2) is 71.7 Å². The van der Waals surface area contributed by atoms with Gasteiger partial charge in [0.15, 0.2) is 0 Å². The summed E-state index contributed by atoms with van der Waals surface area (Å²) in [5, 5.41) is 0. The van der Waals surface area contributed by atoms with Crippen LogP contribution in [0.5, 0.6) is 0 Å². The number of amides is 3. The molecule has 1 saturated carbocycles. The number of hydrogen-bond donors (Lipinski definition) is 0. The molecule has 2 atom stereocenters. The minimum Gasteiger partial charge on any atom is -0.346 e. The van der Waals surface area contributed by atoms with E-state index in [1.54, 1.807) is 4.90 Å². The van der Waals surface area contributed by atoms with Crippen molar-refractivity contribution in [1.82, 2.24) is 14.7 Å². The van der Waals surface area contributed by atoms with E-state index in [0.29, 0.717) is 25.0 Å². The van der Waals surface area contributed by atoms with Crippen LogP contribution in [0.1, 0.15) is 76.7 Å². The summed E-state index contributed by atoms with van der Waals surface area (Å²) in [7, 11) is 1.83. The second-order valence-electron chi connectivity index (χ2n) is 10.8. The quantitative estimate of drug-likeness (QED) is 0.516. The lowest BCUT2D eigenvalue weighted by atomic mass is 9.75. The third-order valence-corrected chi connectivity index (χ3v) is 8.43. The van der Waals surface area contributed by atoms with Gasteiger partial charge in [-0.15, -0.1) is 0 Å². The molecule has 2 heterocycles. The molecule has 6 heteroatoms. The van der Waals surface area contributed by atoms with Crippen LogP contribution in [0.4, 0.5) is 0 Å². The lowest BCUT2D eigenvalue weighted by molar-refractivity contribution is -0.143. The summed E-state index contributed by atoms with van der Waals surface area (Å²) in [6.07, 6.45) is 9.30. The lowest BCUT2D eigenvalue weighted by Crippen LogP contribution is -2.44. The van der Waals surface area contributed by atoms with Gasteiger partial charge in [0, 0.05) is 39.0 Å². The highest BCUT2D eigenvalue weighted by atomic mass is 16.2. The van der Waals surface area contributed by atoms with Gasteiger partial charge in [-0.3, -0.25) is 19.3 Å². The van der Waals surface area contributed by atoms with Crippen LogP contribution in [0.3, 0.4) is 0 Å². The monoisotopic (exact) mass is 467 g/mol. The molecule has 2 aliphatic heterocycles. The topological polar surface area (TPSA) is 60.9 Å². The maximum absolute atomic E-state index is 13.8. The molecule has 1 aromatic rings. The average molecular weight is 468 g/mol. The van der Waals surface area contributed by atoms with Gasteiger partial charge in [0.2, 0.25) is 17.7 Å². The van der Waals surface area contributed by atoms with Crippen molar-refractivity contribution in [1.29, 1.82) is 0 Å². The van der Waals surface area contributed by atoms with E-state index in [2.05, 4.69) is 11.8 Å². The van der Waals surface area contributed by atoms with Crippen LogP contribution in [0, 0.1) is 5.92 Å². The first kappa shape index (κ1) is 24.9. The first-order valence-corrected chi connectivity index (χ1v) is 13.3. The first-order chi connectivity index (χ1) is 16.4. The van der Waals surface area contributed by atoms with E-state index < -0.39 is 5.41 Å².